The number of imide groups is 1. The number of hydrogen-bond donors (Lipinski definition) is 4. The molecule has 0 spiro atoms. The quantitative estimate of drug-likeness (QED) is 0.134. The predicted molar refractivity (Wildman–Crippen MR) is 156 cm³/mol. The lowest BCUT2D eigenvalue weighted by Crippen LogP contribution is -2.44. The van der Waals surface area contributed by atoms with Gasteiger partial charge in [0.1, 0.15) is 29.9 Å². The van der Waals surface area contributed by atoms with E-state index in [0.29, 0.717) is 11.4 Å². The number of esters is 1. The van der Waals surface area contributed by atoms with E-state index in [1.165, 1.54) is 50.8 Å². The van der Waals surface area contributed by atoms with Gasteiger partial charge in [-0.3, -0.25) is 23.6 Å². The lowest BCUT2D eigenvalue weighted by Gasteiger charge is -2.27. The first-order valence-electron chi connectivity index (χ1n) is 13.5. The number of rotatable bonds is 12. The molecule has 0 aromatic carbocycles. The summed E-state index contributed by atoms with van der Waals surface area (Å²) in [5, 5.41) is 25.0. The van der Waals surface area contributed by atoms with Crippen molar-refractivity contribution in [3.8, 4) is 5.88 Å². The van der Waals surface area contributed by atoms with Crippen LogP contribution in [0.5, 0.6) is 5.88 Å². The second kappa shape index (κ2) is 12.7. The van der Waals surface area contributed by atoms with Crippen molar-refractivity contribution in [1.29, 1.82) is 0 Å². The predicted octanol–water partition coefficient (Wildman–Crippen LogP) is 0.106. The number of aliphatic hydroxyl groups is 2. The number of amides is 3. The molecule has 3 amide bonds. The lowest BCUT2D eigenvalue weighted by atomic mass is 9.96. The molecule has 0 bridgehead atoms. The Morgan fingerprint density at radius 2 is 1.98 bits per heavy atom. The van der Waals surface area contributed by atoms with Crippen LogP contribution in [0, 0.1) is 0 Å². The van der Waals surface area contributed by atoms with Gasteiger partial charge in [0, 0.05) is 19.8 Å². The van der Waals surface area contributed by atoms with Crippen LogP contribution in [0.2, 0.25) is 0 Å². The fourth-order valence-corrected chi connectivity index (χ4v) is 8.68. The number of anilines is 1. The summed E-state index contributed by atoms with van der Waals surface area (Å²) in [7, 11) is 4.16. The molecule has 2 aliphatic rings. The van der Waals surface area contributed by atoms with Gasteiger partial charge in [0.25, 0.3) is 5.91 Å². The number of fused-ring (bicyclic) bond motifs is 1. The first kappa shape index (κ1) is 33.8. The van der Waals surface area contributed by atoms with E-state index in [2.05, 4.69) is 20.0 Å². The molecule has 2 unspecified atom stereocenters. The highest BCUT2D eigenvalue weighted by atomic mass is 32.7. The second-order valence-corrected chi connectivity index (χ2v) is 15.2. The van der Waals surface area contributed by atoms with Crippen LogP contribution >= 0.6 is 18.1 Å². The molecule has 2 fully saturated rings. The largest absolute Gasteiger partial charge is 0.479 e. The molecule has 2 aromatic rings. The maximum atomic E-state index is 14.1. The van der Waals surface area contributed by atoms with E-state index in [4.69, 9.17) is 24.5 Å². The topological polar surface area (TPSA) is 234 Å². The number of methoxy groups -OCH3 is 1. The van der Waals surface area contributed by atoms with Gasteiger partial charge in [-0.25, -0.2) is 14.9 Å². The van der Waals surface area contributed by atoms with Crippen molar-refractivity contribution in [3.05, 3.63) is 6.33 Å². The minimum atomic E-state index is -4.06. The smallest absolute Gasteiger partial charge is 0.327 e. The van der Waals surface area contributed by atoms with Crippen LogP contribution in [0.15, 0.2) is 6.33 Å². The van der Waals surface area contributed by atoms with Gasteiger partial charge in [-0.05, 0) is 27.7 Å². The molecule has 244 valence electrons. The summed E-state index contributed by atoms with van der Waals surface area (Å²) in [4.78, 5) is 51.9. The Hall–Kier alpha value is -3.06. The number of carbonyl (C=O) groups excluding carboxylic acids is 3. The fourth-order valence-electron chi connectivity index (χ4n) is 4.71. The van der Waals surface area contributed by atoms with E-state index in [1.54, 1.807) is 13.8 Å². The third-order valence-electron chi connectivity index (χ3n) is 7.15. The molecular weight excluding hydrogens is 623 g/mol. The summed E-state index contributed by atoms with van der Waals surface area (Å²) in [6, 6.07) is -2.56. The van der Waals surface area contributed by atoms with E-state index >= 15 is 0 Å². The number of nitrogen functional groups attached to an aromatic ring is 1. The number of carbonyl (C=O) groups is 3. The van der Waals surface area contributed by atoms with Gasteiger partial charge < -0.3 is 39.6 Å². The van der Waals surface area contributed by atoms with Crippen molar-refractivity contribution in [2.75, 3.05) is 39.3 Å². The van der Waals surface area contributed by atoms with Gasteiger partial charge in [-0.15, -0.1) is 0 Å². The van der Waals surface area contributed by atoms with Crippen molar-refractivity contribution >= 4 is 53.1 Å². The van der Waals surface area contributed by atoms with Crippen molar-refractivity contribution in [2.45, 2.75) is 69.9 Å². The van der Waals surface area contributed by atoms with Gasteiger partial charge in [-0.2, -0.15) is 9.97 Å². The molecular formula is C24H37N8O10PS. The highest BCUT2D eigenvalue weighted by molar-refractivity contribution is 8.56. The van der Waals surface area contributed by atoms with Crippen LogP contribution in [-0.4, -0.2) is 127 Å². The molecule has 2 aromatic heterocycles. The number of likely N-dealkylation sites (N-methyl/N-ethyl adjacent to an activating group) is 2. The number of hydrogen-bond acceptors (Lipinski definition) is 15. The maximum Gasteiger partial charge on any atom is 0.327 e. The standard InChI is InChI=1S/C24H37N8O10PS/c1-11(2)41-20(35)12(3)29-43(38,44-9-13-19(34)31(6)23(36)30(13)5)40-8-14-16(33)24(4,37)21(42-14)32-10-26-15-17(32)27-22(25)28-18(15)39-7/h10-14,16,21,33,37H,8-9H2,1-7H3,(H,29,38)(H2,25,27,28)/t12-,13?,14-,16-,21-,24-,43?/m1/s1. The van der Waals surface area contributed by atoms with E-state index in [0.717, 1.165) is 4.90 Å². The third kappa shape index (κ3) is 6.49. The third-order valence-corrected chi connectivity index (χ3v) is 11.2. The molecule has 0 radical (unpaired) electrons. The summed E-state index contributed by atoms with van der Waals surface area (Å²) >= 11 is 0.701. The molecule has 2 aliphatic heterocycles. The van der Waals surface area contributed by atoms with Crippen LogP contribution in [0.25, 0.3) is 11.2 Å². The van der Waals surface area contributed by atoms with Gasteiger partial charge in [0.2, 0.25) is 11.8 Å². The summed E-state index contributed by atoms with van der Waals surface area (Å²) < 4.78 is 37.6. The van der Waals surface area contributed by atoms with Crippen LogP contribution in [-0.2, 0) is 28.2 Å². The van der Waals surface area contributed by atoms with Crippen LogP contribution in [0.3, 0.4) is 0 Å². The van der Waals surface area contributed by atoms with Gasteiger partial charge in [0.15, 0.2) is 17.4 Å². The van der Waals surface area contributed by atoms with E-state index < -0.39 is 73.5 Å². The van der Waals surface area contributed by atoms with Crippen molar-refractivity contribution in [1.82, 2.24) is 34.4 Å². The average molecular weight is 661 g/mol. The number of nitrogens with two attached hydrogens (primary N) is 1. The van der Waals surface area contributed by atoms with Gasteiger partial charge >= 0.3 is 18.7 Å². The minimum absolute atomic E-state index is 0.0951. The Morgan fingerprint density at radius 3 is 2.57 bits per heavy atom. The van der Waals surface area contributed by atoms with Gasteiger partial charge in [-0.1, -0.05) is 11.4 Å². The molecule has 44 heavy (non-hydrogen) atoms. The molecule has 4 rings (SSSR count). The zero-order valence-corrected chi connectivity index (χ0v) is 26.9. The first-order chi connectivity index (χ1) is 20.5. The SMILES string of the molecule is COc1nc(N)nc2c1ncn2[C@@H]1O[C@H](COP(=O)(N[C@H](C)C(=O)OC(C)C)SCC2C(=O)N(C)C(=O)N2C)[C@@H](O)[C@@]1(C)O. The Morgan fingerprint density at radius 1 is 1.30 bits per heavy atom. The van der Waals surface area contributed by atoms with Crippen LogP contribution < -0.4 is 15.6 Å². The van der Waals surface area contributed by atoms with Crippen molar-refractivity contribution in [3.63, 3.8) is 0 Å². The van der Waals surface area contributed by atoms with E-state index in [1.807, 2.05) is 0 Å². The highest BCUT2D eigenvalue weighted by Crippen LogP contribution is 2.57. The normalized spacial score (nSPS) is 27.8. The summed E-state index contributed by atoms with van der Waals surface area (Å²) in [6.07, 6.45) is -3.16. The maximum absolute atomic E-state index is 14.1. The summed E-state index contributed by atoms with van der Waals surface area (Å²) in [6.45, 7) is 1.50. The van der Waals surface area contributed by atoms with Crippen LogP contribution in [0.4, 0.5) is 10.7 Å². The monoisotopic (exact) mass is 660 g/mol. The highest BCUT2D eigenvalue weighted by Gasteiger charge is 2.54. The average Bonchev–Trinajstić information content (AvgIpc) is 3.52. The van der Waals surface area contributed by atoms with Gasteiger partial charge in [0.05, 0.1) is 26.1 Å². The number of imidazole rings is 1. The lowest BCUT2D eigenvalue weighted by molar-refractivity contribution is -0.149. The number of nitrogens with one attached hydrogen (secondary N) is 1. The zero-order chi connectivity index (χ0) is 32.7. The molecule has 7 atom stereocenters. The molecule has 5 N–H and O–H groups in total. The Bertz CT molecular complexity index is 1470. The zero-order valence-electron chi connectivity index (χ0n) is 25.2. The molecule has 0 saturated carbocycles. The number of urea groups is 1. The van der Waals surface area contributed by atoms with E-state index in [9.17, 15) is 29.2 Å². The number of aliphatic hydroxyl groups excluding tert-OH is 1. The van der Waals surface area contributed by atoms with Crippen molar-refractivity contribution < 1.29 is 47.9 Å². The summed E-state index contributed by atoms with van der Waals surface area (Å²) in [5.74, 6) is -1.36. The molecule has 0 aliphatic carbocycles. The number of nitrogens with zero attached hydrogens (tertiary/aromatic N) is 6. The van der Waals surface area contributed by atoms with Crippen molar-refractivity contribution in [2.24, 2.45) is 0 Å². The van der Waals surface area contributed by atoms with Crippen LogP contribution in [0.1, 0.15) is 33.9 Å². The molecule has 20 heteroatoms. The Kier molecular flexibility index (Phi) is 9.80. The number of aromatic nitrogens is 4. The molecule has 18 nitrogen and oxygen atoms in total. The second-order valence-electron chi connectivity index (χ2n) is 10.8. The summed E-state index contributed by atoms with van der Waals surface area (Å²) in [5.41, 5.74) is 4.28. The fraction of sp³-hybridized carbons (Fsp3) is 0.667. The van der Waals surface area contributed by atoms with E-state index in [-0.39, 0.29) is 28.7 Å². The Labute approximate surface area is 256 Å². The molecule has 4 heterocycles. The minimum Gasteiger partial charge on any atom is -0.479 e. The molecule has 2 saturated heterocycles. The first-order valence-corrected chi connectivity index (χ1v) is 16.7. The number of ether oxygens (including phenoxy) is 3. The Balaban J connectivity index is 1.55.